The first-order valence-corrected chi connectivity index (χ1v) is 6.31. The van der Waals surface area contributed by atoms with Crippen LogP contribution in [0.15, 0.2) is 30.7 Å². The lowest BCUT2D eigenvalue weighted by Crippen LogP contribution is -2.26. The van der Waals surface area contributed by atoms with E-state index >= 15 is 0 Å². The standard InChI is InChI=1S/C14H18N4O/c1-10(2)18-8-7-15-12(18)9-17-14(19)13-11(3)5-4-6-16-13/h4-8,10H,9H2,1-3H3,(H,17,19). The first kappa shape index (κ1) is 13.3. The van der Waals surface area contributed by atoms with E-state index in [4.69, 9.17) is 0 Å². The van der Waals surface area contributed by atoms with Gasteiger partial charge in [-0.25, -0.2) is 4.98 Å². The fourth-order valence-corrected chi connectivity index (χ4v) is 1.92. The molecule has 0 radical (unpaired) electrons. The number of nitrogens with zero attached hydrogens (tertiary/aromatic N) is 3. The SMILES string of the molecule is Cc1cccnc1C(=O)NCc1nccn1C(C)C. The molecule has 2 aromatic heterocycles. The average molecular weight is 258 g/mol. The van der Waals surface area contributed by atoms with E-state index in [0.717, 1.165) is 11.4 Å². The van der Waals surface area contributed by atoms with Gasteiger partial charge < -0.3 is 9.88 Å². The van der Waals surface area contributed by atoms with Crippen molar-refractivity contribution in [2.45, 2.75) is 33.4 Å². The fourth-order valence-electron chi connectivity index (χ4n) is 1.92. The molecule has 0 aliphatic heterocycles. The summed E-state index contributed by atoms with van der Waals surface area (Å²) < 4.78 is 2.03. The minimum Gasteiger partial charge on any atom is -0.343 e. The molecule has 5 heteroatoms. The first-order valence-electron chi connectivity index (χ1n) is 6.31. The molecule has 0 fully saturated rings. The number of rotatable bonds is 4. The summed E-state index contributed by atoms with van der Waals surface area (Å²) in [4.78, 5) is 20.4. The molecule has 0 aliphatic rings. The lowest BCUT2D eigenvalue weighted by atomic mass is 10.2. The highest BCUT2D eigenvalue weighted by molar-refractivity contribution is 5.93. The molecule has 1 amide bonds. The highest BCUT2D eigenvalue weighted by Crippen LogP contribution is 2.08. The van der Waals surface area contributed by atoms with E-state index in [0.29, 0.717) is 18.3 Å². The maximum Gasteiger partial charge on any atom is 0.270 e. The molecule has 0 saturated heterocycles. The van der Waals surface area contributed by atoms with Crippen molar-refractivity contribution in [1.29, 1.82) is 0 Å². The van der Waals surface area contributed by atoms with Gasteiger partial charge in [0, 0.05) is 24.6 Å². The van der Waals surface area contributed by atoms with Gasteiger partial charge in [0.25, 0.3) is 5.91 Å². The molecule has 0 bridgehead atoms. The van der Waals surface area contributed by atoms with Crippen LogP contribution in [0.25, 0.3) is 0 Å². The van der Waals surface area contributed by atoms with Crippen LogP contribution in [0.4, 0.5) is 0 Å². The summed E-state index contributed by atoms with van der Waals surface area (Å²) in [6, 6.07) is 4.01. The van der Waals surface area contributed by atoms with Crippen molar-refractivity contribution >= 4 is 5.91 Å². The third kappa shape index (κ3) is 2.99. The smallest absolute Gasteiger partial charge is 0.270 e. The predicted molar refractivity (Wildman–Crippen MR) is 72.8 cm³/mol. The number of amides is 1. The van der Waals surface area contributed by atoms with Gasteiger partial charge in [-0.15, -0.1) is 0 Å². The molecule has 0 saturated carbocycles. The van der Waals surface area contributed by atoms with Gasteiger partial charge in [-0.2, -0.15) is 0 Å². The Balaban J connectivity index is 2.05. The highest BCUT2D eigenvalue weighted by atomic mass is 16.1. The number of pyridine rings is 1. The van der Waals surface area contributed by atoms with Gasteiger partial charge in [-0.05, 0) is 32.4 Å². The molecule has 0 unspecified atom stereocenters. The molecule has 100 valence electrons. The molecule has 19 heavy (non-hydrogen) atoms. The van der Waals surface area contributed by atoms with Crippen LogP contribution in [0.3, 0.4) is 0 Å². The van der Waals surface area contributed by atoms with E-state index in [1.807, 2.05) is 29.8 Å². The van der Waals surface area contributed by atoms with Gasteiger partial charge in [-0.3, -0.25) is 9.78 Å². The van der Waals surface area contributed by atoms with Crippen LogP contribution in [-0.4, -0.2) is 20.4 Å². The van der Waals surface area contributed by atoms with Crippen LogP contribution in [-0.2, 0) is 6.54 Å². The number of carbonyl (C=O) groups excluding carboxylic acids is 1. The number of nitrogens with one attached hydrogen (secondary N) is 1. The third-order valence-electron chi connectivity index (χ3n) is 2.94. The van der Waals surface area contributed by atoms with Crippen molar-refractivity contribution in [1.82, 2.24) is 19.9 Å². The zero-order chi connectivity index (χ0) is 13.8. The molecule has 0 aromatic carbocycles. The summed E-state index contributed by atoms with van der Waals surface area (Å²) in [5.74, 6) is 0.674. The van der Waals surface area contributed by atoms with Gasteiger partial charge in [-0.1, -0.05) is 6.07 Å². The topological polar surface area (TPSA) is 59.8 Å². The highest BCUT2D eigenvalue weighted by Gasteiger charge is 2.11. The molecule has 0 aliphatic carbocycles. The number of aromatic nitrogens is 3. The van der Waals surface area contributed by atoms with Crippen molar-refractivity contribution in [3.63, 3.8) is 0 Å². The van der Waals surface area contributed by atoms with Gasteiger partial charge in [0.2, 0.25) is 0 Å². The number of carbonyl (C=O) groups is 1. The van der Waals surface area contributed by atoms with Crippen molar-refractivity contribution in [3.05, 3.63) is 47.8 Å². The monoisotopic (exact) mass is 258 g/mol. The molecule has 2 heterocycles. The van der Waals surface area contributed by atoms with Crippen molar-refractivity contribution in [2.75, 3.05) is 0 Å². The van der Waals surface area contributed by atoms with Crippen molar-refractivity contribution in [2.24, 2.45) is 0 Å². The Morgan fingerprint density at radius 2 is 2.16 bits per heavy atom. The van der Waals surface area contributed by atoms with E-state index < -0.39 is 0 Å². The maximum absolute atomic E-state index is 12.0. The third-order valence-corrected chi connectivity index (χ3v) is 2.94. The summed E-state index contributed by atoms with van der Waals surface area (Å²) in [5, 5.41) is 2.85. The van der Waals surface area contributed by atoms with Crippen LogP contribution in [0, 0.1) is 6.92 Å². The minimum atomic E-state index is -0.170. The largest absolute Gasteiger partial charge is 0.343 e. The molecule has 5 nitrogen and oxygen atoms in total. The zero-order valence-electron chi connectivity index (χ0n) is 11.4. The summed E-state index contributed by atoms with van der Waals surface area (Å²) in [6.07, 6.45) is 5.28. The molecule has 0 spiro atoms. The second-order valence-electron chi connectivity index (χ2n) is 4.70. The normalized spacial score (nSPS) is 10.7. The van der Waals surface area contributed by atoms with Gasteiger partial charge in [0.15, 0.2) is 0 Å². The summed E-state index contributed by atoms with van der Waals surface area (Å²) in [6.45, 7) is 6.43. The van der Waals surface area contributed by atoms with Gasteiger partial charge in [0.05, 0.1) is 6.54 Å². The van der Waals surface area contributed by atoms with E-state index in [2.05, 4.69) is 29.1 Å². The second kappa shape index (κ2) is 5.65. The maximum atomic E-state index is 12.0. The van der Waals surface area contributed by atoms with Crippen molar-refractivity contribution < 1.29 is 4.79 Å². The van der Waals surface area contributed by atoms with E-state index in [1.165, 1.54) is 0 Å². The Morgan fingerprint density at radius 3 is 2.84 bits per heavy atom. The zero-order valence-corrected chi connectivity index (χ0v) is 11.4. The molecule has 2 rings (SSSR count). The summed E-state index contributed by atoms with van der Waals surface area (Å²) in [5.41, 5.74) is 1.33. The Morgan fingerprint density at radius 1 is 1.37 bits per heavy atom. The Bertz CT molecular complexity index is 574. The van der Waals surface area contributed by atoms with Crippen LogP contribution in [0.5, 0.6) is 0 Å². The first-order chi connectivity index (χ1) is 9.09. The Kier molecular flexibility index (Phi) is 3.94. The fraction of sp³-hybridized carbons (Fsp3) is 0.357. The van der Waals surface area contributed by atoms with E-state index in [1.54, 1.807) is 12.4 Å². The van der Waals surface area contributed by atoms with E-state index in [-0.39, 0.29) is 5.91 Å². The number of hydrogen-bond donors (Lipinski definition) is 1. The lowest BCUT2D eigenvalue weighted by molar-refractivity contribution is 0.0943. The quantitative estimate of drug-likeness (QED) is 0.913. The number of hydrogen-bond acceptors (Lipinski definition) is 3. The van der Waals surface area contributed by atoms with Gasteiger partial charge in [0.1, 0.15) is 11.5 Å². The van der Waals surface area contributed by atoms with E-state index in [9.17, 15) is 4.79 Å². The van der Waals surface area contributed by atoms with Crippen LogP contribution >= 0.6 is 0 Å². The Labute approximate surface area is 112 Å². The van der Waals surface area contributed by atoms with Crippen molar-refractivity contribution in [3.8, 4) is 0 Å². The molecule has 2 aromatic rings. The number of imidazole rings is 1. The van der Waals surface area contributed by atoms with Crippen LogP contribution in [0.1, 0.15) is 41.8 Å². The predicted octanol–water partition coefficient (Wildman–Crippen LogP) is 2.10. The molecule has 1 N–H and O–H groups in total. The van der Waals surface area contributed by atoms with Crippen LogP contribution < -0.4 is 5.32 Å². The average Bonchev–Trinajstić information content (AvgIpc) is 2.85. The molecule has 0 atom stereocenters. The number of aryl methyl sites for hydroxylation is 1. The van der Waals surface area contributed by atoms with Gasteiger partial charge >= 0.3 is 0 Å². The second-order valence-corrected chi connectivity index (χ2v) is 4.70. The molecular weight excluding hydrogens is 240 g/mol. The van der Waals surface area contributed by atoms with Crippen LogP contribution in [0.2, 0.25) is 0 Å². The molecular formula is C14H18N4O. The lowest BCUT2D eigenvalue weighted by Gasteiger charge is -2.12. The summed E-state index contributed by atoms with van der Waals surface area (Å²) >= 11 is 0. The minimum absolute atomic E-state index is 0.170. The Hall–Kier alpha value is -2.17. The summed E-state index contributed by atoms with van der Waals surface area (Å²) in [7, 11) is 0.